The molecule has 0 atom stereocenters. The van der Waals surface area contributed by atoms with Gasteiger partial charge in [0.25, 0.3) is 0 Å². The minimum Gasteiger partial charge on any atom is -0.355 e. The van der Waals surface area contributed by atoms with Crippen molar-refractivity contribution in [1.82, 2.24) is 0 Å². The zero-order chi connectivity index (χ0) is 8.97. The number of carbonyl (C=O) groups excluding carboxylic acids is 1. The topological polar surface area (TPSA) is 72.2 Å². The van der Waals surface area contributed by atoms with E-state index in [0.29, 0.717) is 5.69 Å². The van der Waals surface area contributed by atoms with Gasteiger partial charge >= 0.3 is 6.03 Å². The molecule has 1 aromatic rings. The zero-order valence-corrected chi connectivity index (χ0v) is 6.06. The van der Waals surface area contributed by atoms with Crippen molar-refractivity contribution >= 4 is 11.7 Å². The van der Waals surface area contributed by atoms with Crippen molar-refractivity contribution in [3.8, 4) is 0 Å². The van der Waals surface area contributed by atoms with Crippen molar-refractivity contribution in [1.29, 1.82) is 0 Å². The number of benzene rings is 1. The Morgan fingerprint density at radius 2 is 1.92 bits per heavy atom. The number of rotatable bonds is 1. The number of para-hydroxylation sites is 1. The van der Waals surface area contributed by atoms with Crippen molar-refractivity contribution in [2.75, 3.05) is 5.32 Å². The third kappa shape index (κ3) is 2.05. The maximum Gasteiger partial charge on any atom is 0.537 e. The second kappa shape index (κ2) is 3.47. The molecule has 0 spiro atoms. The van der Waals surface area contributed by atoms with Gasteiger partial charge in [0.2, 0.25) is 0 Å². The molecule has 0 bridgehead atoms. The van der Waals surface area contributed by atoms with Crippen LogP contribution < -0.4 is 5.32 Å². The van der Waals surface area contributed by atoms with Crippen LogP contribution >= 0.6 is 0 Å². The molecule has 1 rings (SSSR count). The molecule has 0 aliphatic rings. The number of hydrogen-bond donors (Lipinski definition) is 1. The number of hydrogen-bond acceptors (Lipinski definition) is 3. The van der Waals surface area contributed by atoms with Crippen molar-refractivity contribution in [2.24, 2.45) is 0 Å². The minimum absolute atomic E-state index is 0.416. The molecule has 0 aliphatic carbocycles. The summed E-state index contributed by atoms with van der Waals surface area (Å²) in [7, 11) is 0. The Morgan fingerprint density at radius 1 is 1.33 bits per heavy atom. The van der Waals surface area contributed by atoms with Crippen LogP contribution in [0.4, 0.5) is 10.5 Å². The fourth-order valence-corrected chi connectivity index (χ4v) is 0.691. The van der Waals surface area contributed by atoms with Crippen molar-refractivity contribution in [2.45, 2.75) is 0 Å². The smallest absolute Gasteiger partial charge is 0.355 e. The van der Waals surface area contributed by atoms with E-state index in [0.717, 1.165) is 0 Å². The van der Waals surface area contributed by atoms with Crippen LogP contribution in [0.5, 0.6) is 0 Å². The molecule has 0 heterocycles. The van der Waals surface area contributed by atoms with Crippen LogP contribution in [0.15, 0.2) is 30.3 Å². The second-order valence-electron chi connectivity index (χ2n) is 2.05. The summed E-state index contributed by atoms with van der Waals surface area (Å²) in [6, 6.07) is 7.02. The number of nitrogens with zero attached hydrogens (tertiary/aromatic N) is 1. The fourth-order valence-electron chi connectivity index (χ4n) is 0.691. The Hall–Kier alpha value is -1.91. The summed E-state index contributed by atoms with van der Waals surface area (Å²) >= 11 is 0. The summed E-state index contributed by atoms with van der Waals surface area (Å²) in [5.74, 6) is 0. The zero-order valence-electron chi connectivity index (χ0n) is 6.06. The number of nitrogens with one attached hydrogen (secondary N) is 1. The highest BCUT2D eigenvalue weighted by atomic mass is 16.6. The van der Waals surface area contributed by atoms with Crippen LogP contribution in [-0.2, 0) is 0 Å². The van der Waals surface area contributed by atoms with Gasteiger partial charge in [0, 0.05) is 4.92 Å². The molecule has 2 amide bonds. The van der Waals surface area contributed by atoms with Crippen LogP contribution in [-0.4, -0.2) is 11.0 Å². The van der Waals surface area contributed by atoms with Crippen LogP contribution in [0, 0.1) is 10.1 Å². The summed E-state index contributed by atoms with van der Waals surface area (Å²) in [6.45, 7) is 0. The highest BCUT2D eigenvalue weighted by molar-refractivity contribution is 5.82. The van der Waals surface area contributed by atoms with E-state index in [4.69, 9.17) is 0 Å². The lowest BCUT2D eigenvalue weighted by Gasteiger charge is -1.94. The summed E-state index contributed by atoms with van der Waals surface area (Å²) in [4.78, 5) is 19.4. The van der Waals surface area contributed by atoms with E-state index in [1.54, 1.807) is 30.3 Å². The molecule has 1 aromatic carbocycles. The fraction of sp³-hybridized carbons (Fsp3) is 0. The Kier molecular flexibility index (Phi) is 2.37. The number of urea groups is 1. The first-order valence-corrected chi connectivity index (χ1v) is 3.20. The number of anilines is 1. The summed E-state index contributed by atoms with van der Waals surface area (Å²) in [5, 5.41) is 12.0. The van der Waals surface area contributed by atoms with Gasteiger partial charge < -0.3 is 10.1 Å². The van der Waals surface area contributed by atoms with Crippen LogP contribution in [0.2, 0.25) is 0 Å². The van der Waals surface area contributed by atoms with Crippen molar-refractivity contribution < 1.29 is 9.72 Å². The highest BCUT2D eigenvalue weighted by Crippen LogP contribution is 2.04. The monoisotopic (exact) mass is 166 g/mol. The van der Waals surface area contributed by atoms with E-state index in [9.17, 15) is 14.9 Å². The van der Waals surface area contributed by atoms with Crippen molar-refractivity contribution in [3.05, 3.63) is 40.4 Å². The van der Waals surface area contributed by atoms with E-state index >= 15 is 0 Å². The van der Waals surface area contributed by atoms with Gasteiger partial charge in [-0.25, -0.2) is 5.32 Å². The molecule has 0 aliphatic heterocycles. The Bertz CT molecular complexity index is 297. The van der Waals surface area contributed by atoms with Gasteiger partial charge in [0.1, 0.15) is 5.69 Å². The molecule has 0 saturated carbocycles. The average molecular weight is 166 g/mol. The molecular formula is C7H6N2O3. The predicted molar refractivity (Wildman–Crippen MR) is 42.5 cm³/mol. The van der Waals surface area contributed by atoms with E-state index in [1.165, 1.54) is 0 Å². The van der Waals surface area contributed by atoms with Gasteiger partial charge in [0.15, 0.2) is 0 Å². The summed E-state index contributed by atoms with van der Waals surface area (Å²) < 4.78 is 0. The highest BCUT2D eigenvalue weighted by Gasteiger charge is 2.11. The maximum atomic E-state index is 10.5. The molecule has 1 N–H and O–H groups in total. The van der Waals surface area contributed by atoms with E-state index in [1.807, 2.05) is 0 Å². The van der Waals surface area contributed by atoms with Gasteiger partial charge in [-0.3, -0.25) is 0 Å². The summed E-state index contributed by atoms with van der Waals surface area (Å²) in [6.07, 6.45) is 0. The van der Waals surface area contributed by atoms with Gasteiger partial charge in [-0.1, -0.05) is 18.2 Å². The lowest BCUT2D eigenvalue weighted by molar-refractivity contribution is -0.368. The molecular weight excluding hydrogens is 160 g/mol. The molecule has 62 valence electrons. The number of carbonyl (C=O) groups is 1. The second-order valence-corrected chi connectivity index (χ2v) is 2.05. The first-order chi connectivity index (χ1) is 5.70. The lowest BCUT2D eigenvalue weighted by Crippen LogP contribution is -2.18. The average Bonchev–Trinajstić information content (AvgIpc) is 2.06. The van der Waals surface area contributed by atoms with Gasteiger partial charge in [-0.2, -0.15) is 4.79 Å². The van der Waals surface area contributed by atoms with E-state index in [2.05, 4.69) is 5.32 Å². The first kappa shape index (κ1) is 8.19. The number of nitro groups is 1. The van der Waals surface area contributed by atoms with Gasteiger partial charge in [0.05, 0.1) is 0 Å². The molecule has 0 aromatic heterocycles. The standard InChI is InChI=1S/C7H6N2O3/c10-7(9(11)12)8-6-4-2-1-3-5-6/h1-5H,(H,8,10). The normalized spacial score (nSPS) is 9.00. The van der Waals surface area contributed by atoms with Gasteiger partial charge in [-0.05, 0) is 12.1 Å². The molecule has 12 heavy (non-hydrogen) atoms. The molecule has 0 saturated heterocycles. The van der Waals surface area contributed by atoms with Crippen LogP contribution in [0.1, 0.15) is 0 Å². The quantitative estimate of drug-likeness (QED) is 0.507. The third-order valence-electron chi connectivity index (χ3n) is 1.19. The Balaban J connectivity index is 2.65. The minimum atomic E-state index is -1.22. The molecule has 0 unspecified atom stereocenters. The Morgan fingerprint density at radius 3 is 2.42 bits per heavy atom. The first-order valence-electron chi connectivity index (χ1n) is 3.20. The molecule has 0 fully saturated rings. The maximum absolute atomic E-state index is 10.5. The largest absolute Gasteiger partial charge is 0.537 e. The molecule has 5 nitrogen and oxygen atoms in total. The van der Waals surface area contributed by atoms with Crippen LogP contribution in [0.25, 0.3) is 0 Å². The number of amides is 2. The predicted octanol–water partition coefficient (Wildman–Crippen LogP) is 1.50. The summed E-state index contributed by atoms with van der Waals surface area (Å²) in [5.41, 5.74) is 0.416. The van der Waals surface area contributed by atoms with Crippen molar-refractivity contribution in [3.63, 3.8) is 0 Å². The Labute approximate surface area is 68.2 Å². The van der Waals surface area contributed by atoms with Crippen LogP contribution in [0.3, 0.4) is 0 Å². The SMILES string of the molecule is O=C(Nc1ccccc1)[N+](=O)[O-]. The molecule has 5 heteroatoms. The van der Waals surface area contributed by atoms with E-state index < -0.39 is 11.0 Å². The van der Waals surface area contributed by atoms with E-state index in [-0.39, 0.29) is 0 Å². The lowest BCUT2D eigenvalue weighted by atomic mass is 10.3. The molecule has 0 radical (unpaired) electrons. The third-order valence-corrected chi connectivity index (χ3v) is 1.19. The van der Waals surface area contributed by atoms with Gasteiger partial charge in [-0.15, -0.1) is 0 Å².